The summed E-state index contributed by atoms with van der Waals surface area (Å²) >= 11 is 0. The first-order valence-corrected chi connectivity index (χ1v) is 9.84. The van der Waals surface area contributed by atoms with Crippen molar-refractivity contribution in [3.8, 4) is 6.07 Å². The Balaban J connectivity index is 1.44. The maximum atomic E-state index is 12.9. The molecular weight excluding hydrogens is 350 g/mol. The zero-order valence-corrected chi connectivity index (χ0v) is 16.5. The lowest BCUT2D eigenvalue weighted by molar-refractivity contribution is -0.132. The molecule has 0 fully saturated rings. The lowest BCUT2D eigenvalue weighted by Gasteiger charge is -2.27. The van der Waals surface area contributed by atoms with Gasteiger partial charge in [0, 0.05) is 53.8 Å². The number of amides is 1. The molecule has 0 aliphatic carbocycles. The van der Waals surface area contributed by atoms with Crippen molar-refractivity contribution in [1.82, 2.24) is 19.7 Å². The van der Waals surface area contributed by atoms with Crippen molar-refractivity contribution in [2.75, 3.05) is 6.54 Å². The molecule has 0 saturated heterocycles. The topological polar surface area (TPSA) is 77.7 Å². The molecule has 0 atom stereocenters. The Labute approximate surface area is 164 Å². The molecule has 6 heteroatoms. The number of benzene rings is 1. The molecular formula is C22H25N5O. The van der Waals surface area contributed by atoms with E-state index in [1.165, 1.54) is 16.6 Å². The summed E-state index contributed by atoms with van der Waals surface area (Å²) in [7, 11) is 0. The minimum atomic E-state index is 0.194. The second kappa shape index (κ2) is 7.51. The smallest absolute Gasteiger partial charge is 0.223 e. The first kappa shape index (κ1) is 18.3. The molecule has 0 bridgehead atoms. The van der Waals surface area contributed by atoms with E-state index in [0.29, 0.717) is 32.4 Å². The highest BCUT2D eigenvalue weighted by molar-refractivity contribution is 5.86. The Morgan fingerprint density at radius 2 is 2.14 bits per heavy atom. The highest BCUT2D eigenvalue weighted by Gasteiger charge is 2.24. The molecule has 2 aromatic heterocycles. The van der Waals surface area contributed by atoms with Crippen molar-refractivity contribution in [2.45, 2.75) is 52.6 Å². The number of para-hydroxylation sites is 1. The molecule has 1 aromatic carbocycles. The maximum Gasteiger partial charge on any atom is 0.223 e. The van der Waals surface area contributed by atoms with Crippen molar-refractivity contribution in [3.63, 3.8) is 0 Å². The van der Waals surface area contributed by atoms with Crippen LogP contribution >= 0.6 is 0 Å². The van der Waals surface area contributed by atoms with E-state index >= 15 is 0 Å². The molecule has 1 amide bonds. The van der Waals surface area contributed by atoms with Crippen LogP contribution in [-0.4, -0.2) is 32.1 Å². The van der Waals surface area contributed by atoms with Gasteiger partial charge in [-0.15, -0.1) is 0 Å². The van der Waals surface area contributed by atoms with Gasteiger partial charge >= 0.3 is 0 Å². The quantitative estimate of drug-likeness (QED) is 0.742. The molecule has 144 valence electrons. The Bertz CT molecular complexity index is 1070. The Kier molecular flexibility index (Phi) is 4.91. The van der Waals surface area contributed by atoms with Crippen LogP contribution in [0.4, 0.5) is 0 Å². The van der Waals surface area contributed by atoms with Gasteiger partial charge in [-0.3, -0.25) is 9.48 Å². The number of rotatable bonds is 5. The van der Waals surface area contributed by atoms with Crippen molar-refractivity contribution in [2.24, 2.45) is 0 Å². The number of nitriles is 1. The molecule has 4 rings (SSSR count). The number of nitrogens with zero attached hydrogens (tertiary/aromatic N) is 4. The van der Waals surface area contributed by atoms with Gasteiger partial charge in [0.1, 0.15) is 0 Å². The lowest BCUT2D eigenvalue weighted by atomic mass is 10.0. The molecule has 0 unspecified atom stereocenters. The van der Waals surface area contributed by atoms with Crippen molar-refractivity contribution in [3.05, 3.63) is 52.5 Å². The number of aryl methyl sites for hydroxylation is 2. The first-order valence-electron chi connectivity index (χ1n) is 9.84. The number of hydrogen-bond donors (Lipinski definition) is 1. The average Bonchev–Trinajstić information content (AvgIpc) is 3.21. The van der Waals surface area contributed by atoms with Crippen LogP contribution in [0.5, 0.6) is 0 Å². The molecule has 6 nitrogen and oxygen atoms in total. The molecule has 3 heterocycles. The number of carbonyl (C=O) groups excluding carboxylic acids is 1. The van der Waals surface area contributed by atoms with E-state index in [4.69, 9.17) is 5.26 Å². The maximum absolute atomic E-state index is 12.9. The summed E-state index contributed by atoms with van der Waals surface area (Å²) in [6.07, 6.45) is 2.50. The number of nitrogens with one attached hydrogen (secondary N) is 1. The van der Waals surface area contributed by atoms with Crippen LogP contribution in [0.2, 0.25) is 0 Å². The van der Waals surface area contributed by atoms with Gasteiger partial charge in [0.15, 0.2) is 0 Å². The number of aromatic nitrogens is 3. The van der Waals surface area contributed by atoms with E-state index in [2.05, 4.69) is 28.3 Å². The Hall–Kier alpha value is -3.07. The van der Waals surface area contributed by atoms with E-state index < -0.39 is 0 Å². The summed E-state index contributed by atoms with van der Waals surface area (Å²) in [6.45, 7) is 6.05. The summed E-state index contributed by atoms with van der Waals surface area (Å²) in [6, 6.07) is 10.5. The van der Waals surface area contributed by atoms with Crippen LogP contribution in [-0.2, 0) is 30.7 Å². The molecule has 1 N–H and O–H groups in total. The monoisotopic (exact) mass is 375 g/mol. The average molecular weight is 375 g/mol. The predicted octanol–water partition coefficient (Wildman–Crippen LogP) is 3.41. The summed E-state index contributed by atoms with van der Waals surface area (Å²) in [5.41, 5.74) is 6.83. The van der Waals surface area contributed by atoms with E-state index in [-0.39, 0.29) is 5.91 Å². The zero-order valence-electron chi connectivity index (χ0n) is 16.5. The van der Waals surface area contributed by atoms with E-state index in [1.807, 2.05) is 35.6 Å². The highest BCUT2D eigenvalue weighted by Crippen LogP contribution is 2.28. The standard InChI is InChI=1S/C22H25N5O/c1-15-17(16(2)27(25-15)12-5-11-23)8-9-22(28)26-13-10-21-19(14-26)18-6-3-4-7-20(18)24-21/h3-4,6-7,24H,5,8-10,12-14H2,1-2H3. The van der Waals surface area contributed by atoms with Gasteiger partial charge in [-0.1, -0.05) is 18.2 Å². The zero-order chi connectivity index (χ0) is 19.7. The molecule has 28 heavy (non-hydrogen) atoms. The van der Waals surface area contributed by atoms with Gasteiger partial charge in [0.2, 0.25) is 5.91 Å². The first-order chi connectivity index (χ1) is 13.6. The fourth-order valence-electron chi connectivity index (χ4n) is 4.24. The van der Waals surface area contributed by atoms with E-state index in [9.17, 15) is 4.79 Å². The summed E-state index contributed by atoms with van der Waals surface area (Å²) in [4.78, 5) is 18.4. The SMILES string of the molecule is Cc1nn(CCC#N)c(C)c1CCC(=O)N1CCc2[nH]c3ccccc3c2C1. The second-order valence-electron chi connectivity index (χ2n) is 7.47. The largest absolute Gasteiger partial charge is 0.358 e. The van der Waals surface area contributed by atoms with Crippen LogP contribution in [0.3, 0.4) is 0 Å². The lowest BCUT2D eigenvalue weighted by Crippen LogP contribution is -2.35. The predicted molar refractivity (Wildman–Crippen MR) is 108 cm³/mol. The van der Waals surface area contributed by atoms with Gasteiger partial charge in [0.25, 0.3) is 0 Å². The fourth-order valence-corrected chi connectivity index (χ4v) is 4.24. The minimum Gasteiger partial charge on any atom is -0.358 e. The molecule has 3 aromatic rings. The summed E-state index contributed by atoms with van der Waals surface area (Å²) in [5, 5.41) is 14.5. The molecule has 1 aliphatic rings. The van der Waals surface area contributed by atoms with Gasteiger partial charge in [0.05, 0.1) is 24.7 Å². The number of aromatic amines is 1. The third-order valence-corrected chi connectivity index (χ3v) is 5.79. The fraction of sp³-hybridized carbons (Fsp3) is 0.409. The summed E-state index contributed by atoms with van der Waals surface area (Å²) < 4.78 is 1.89. The third-order valence-electron chi connectivity index (χ3n) is 5.79. The molecule has 1 aliphatic heterocycles. The van der Waals surface area contributed by atoms with Gasteiger partial charge < -0.3 is 9.88 Å². The molecule has 0 radical (unpaired) electrons. The molecule has 0 spiro atoms. The van der Waals surface area contributed by atoms with Crippen LogP contribution in [0.25, 0.3) is 10.9 Å². The summed E-state index contributed by atoms with van der Waals surface area (Å²) in [5.74, 6) is 0.194. The van der Waals surface area contributed by atoms with E-state index in [1.54, 1.807) is 0 Å². The molecule has 0 saturated carbocycles. The van der Waals surface area contributed by atoms with Crippen molar-refractivity contribution in [1.29, 1.82) is 5.26 Å². The number of fused-ring (bicyclic) bond motifs is 3. The van der Waals surface area contributed by atoms with Crippen molar-refractivity contribution < 1.29 is 4.79 Å². The van der Waals surface area contributed by atoms with Crippen LogP contribution in [0.1, 0.15) is 41.1 Å². The van der Waals surface area contributed by atoms with E-state index in [0.717, 1.165) is 35.4 Å². The number of hydrogen-bond acceptors (Lipinski definition) is 3. The Morgan fingerprint density at radius 3 is 2.96 bits per heavy atom. The second-order valence-corrected chi connectivity index (χ2v) is 7.47. The van der Waals surface area contributed by atoms with Crippen LogP contribution in [0.15, 0.2) is 24.3 Å². The van der Waals surface area contributed by atoms with Crippen LogP contribution in [0, 0.1) is 25.2 Å². The number of H-pyrrole nitrogens is 1. The third kappa shape index (κ3) is 3.29. The van der Waals surface area contributed by atoms with Gasteiger partial charge in [-0.2, -0.15) is 10.4 Å². The minimum absolute atomic E-state index is 0.194. The highest BCUT2D eigenvalue weighted by atomic mass is 16.2. The normalized spacial score (nSPS) is 13.5. The Morgan fingerprint density at radius 1 is 1.32 bits per heavy atom. The van der Waals surface area contributed by atoms with Gasteiger partial charge in [-0.25, -0.2) is 0 Å². The van der Waals surface area contributed by atoms with Crippen LogP contribution < -0.4 is 0 Å². The van der Waals surface area contributed by atoms with Gasteiger partial charge in [-0.05, 0) is 31.9 Å². The number of carbonyl (C=O) groups is 1. The van der Waals surface area contributed by atoms with Crippen molar-refractivity contribution >= 4 is 16.8 Å².